The summed E-state index contributed by atoms with van der Waals surface area (Å²) in [5.74, 6) is 1.70. The minimum atomic E-state index is 0.267. The predicted octanol–water partition coefficient (Wildman–Crippen LogP) is 2.80. The first-order chi connectivity index (χ1) is 9.77. The fraction of sp³-hybridized carbons (Fsp3) is 1.00. The maximum Gasteiger partial charge on any atom is 0.0329 e. The monoisotopic (exact) mass is 295 g/mol. The van der Waals surface area contributed by atoms with Crippen molar-refractivity contribution in [2.75, 3.05) is 40.3 Å². The van der Waals surface area contributed by atoms with Gasteiger partial charge in [0.25, 0.3) is 0 Å². The molecular weight excluding hydrogens is 258 g/mol. The lowest BCUT2D eigenvalue weighted by Gasteiger charge is -2.49. The second-order valence-electron chi connectivity index (χ2n) is 8.87. The average Bonchev–Trinajstić information content (AvgIpc) is 2.83. The van der Waals surface area contributed by atoms with Crippen LogP contribution in [0.5, 0.6) is 0 Å². The summed E-state index contributed by atoms with van der Waals surface area (Å²) in [6, 6.07) is 0. The third-order valence-electron chi connectivity index (χ3n) is 6.35. The number of likely N-dealkylation sites (tertiary alicyclic amines) is 1. The van der Waals surface area contributed by atoms with Crippen molar-refractivity contribution in [1.29, 1.82) is 0 Å². The highest BCUT2D eigenvalue weighted by Crippen LogP contribution is 2.43. The highest BCUT2D eigenvalue weighted by atomic mass is 15.2. The zero-order chi connectivity index (χ0) is 15.7. The Bertz CT molecular complexity index is 326. The molecule has 0 aromatic heterocycles. The van der Waals surface area contributed by atoms with Gasteiger partial charge < -0.3 is 10.6 Å². The van der Waals surface area contributed by atoms with Crippen LogP contribution < -0.4 is 5.73 Å². The van der Waals surface area contributed by atoms with Gasteiger partial charge in [-0.2, -0.15) is 0 Å². The Morgan fingerprint density at radius 2 is 1.81 bits per heavy atom. The van der Waals surface area contributed by atoms with Crippen molar-refractivity contribution in [1.82, 2.24) is 9.80 Å². The van der Waals surface area contributed by atoms with E-state index in [0.717, 1.165) is 18.4 Å². The number of rotatable bonds is 4. The molecule has 2 N–H and O–H groups in total. The minimum Gasteiger partial charge on any atom is -0.329 e. The number of nitrogens with zero attached hydrogens (tertiary/aromatic N) is 2. The molecule has 0 aromatic carbocycles. The lowest BCUT2D eigenvalue weighted by molar-refractivity contribution is 0.0298. The van der Waals surface area contributed by atoms with E-state index in [1.54, 1.807) is 0 Å². The van der Waals surface area contributed by atoms with E-state index in [1.165, 1.54) is 51.7 Å². The lowest BCUT2D eigenvalue weighted by Crippen LogP contribution is -2.56. The molecule has 1 unspecified atom stereocenters. The second kappa shape index (κ2) is 6.55. The van der Waals surface area contributed by atoms with Gasteiger partial charge >= 0.3 is 0 Å². The number of hydrogen-bond acceptors (Lipinski definition) is 3. The Morgan fingerprint density at radius 3 is 2.24 bits per heavy atom. The van der Waals surface area contributed by atoms with Crippen molar-refractivity contribution < 1.29 is 0 Å². The van der Waals surface area contributed by atoms with Crippen LogP contribution in [0.4, 0.5) is 0 Å². The van der Waals surface area contributed by atoms with Crippen LogP contribution in [0.1, 0.15) is 52.9 Å². The molecule has 2 rings (SSSR count). The van der Waals surface area contributed by atoms with Crippen LogP contribution in [0.3, 0.4) is 0 Å². The Hall–Kier alpha value is -0.120. The van der Waals surface area contributed by atoms with Crippen LogP contribution in [0.2, 0.25) is 0 Å². The highest BCUT2D eigenvalue weighted by Gasteiger charge is 2.41. The van der Waals surface area contributed by atoms with Gasteiger partial charge in [0.05, 0.1) is 0 Å². The first kappa shape index (κ1) is 17.2. The SMILES string of the molecule is CN1CCC(CN(C)C2(CN)CCC(C(C)(C)C)CC2)C1. The van der Waals surface area contributed by atoms with Gasteiger partial charge in [0.2, 0.25) is 0 Å². The largest absolute Gasteiger partial charge is 0.329 e. The van der Waals surface area contributed by atoms with Gasteiger partial charge in [-0.05, 0) is 70.0 Å². The summed E-state index contributed by atoms with van der Waals surface area (Å²) in [6.07, 6.45) is 6.60. The number of hydrogen-bond donors (Lipinski definition) is 1. The van der Waals surface area contributed by atoms with Crippen LogP contribution in [-0.2, 0) is 0 Å². The van der Waals surface area contributed by atoms with Gasteiger partial charge in [-0.3, -0.25) is 4.90 Å². The standard InChI is InChI=1S/C18H37N3/c1-17(2,3)16-6-9-18(14-19,10-7-16)21(5)13-15-8-11-20(4)12-15/h15-16H,6-14,19H2,1-5H3. The first-order valence-corrected chi connectivity index (χ1v) is 8.87. The molecule has 3 heteroatoms. The lowest BCUT2D eigenvalue weighted by atomic mass is 9.67. The maximum atomic E-state index is 6.24. The summed E-state index contributed by atoms with van der Waals surface area (Å²) in [5, 5.41) is 0. The smallest absolute Gasteiger partial charge is 0.0329 e. The molecule has 1 aliphatic heterocycles. The van der Waals surface area contributed by atoms with Gasteiger partial charge in [0.15, 0.2) is 0 Å². The third kappa shape index (κ3) is 4.00. The molecule has 2 aliphatic rings. The summed E-state index contributed by atoms with van der Waals surface area (Å²) in [4.78, 5) is 5.08. The van der Waals surface area contributed by atoms with Gasteiger partial charge in [0.1, 0.15) is 0 Å². The molecule has 2 fully saturated rings. The van der Waals surface area contributed by atoms with Crippen molar-refractivity contribution in [3.8, 4) is 0 Å². The molecule has 0 spiro atoms. The number of likely N-dealkylation sites (N-methyl/N-ethyl adjacent to an activating group) is 1. The molecule has 3 nitrogen and oxygen atoms in total. The van der Waals surface area contributed by atoms with Crippen molar-refractivity contribution in [2.24, 2.45) is 23.0 Å². The van der Waals surface area contributed by atoms with Crippen molar-refractivity contribution in [3.63, 3.8) is 0 Å². The van der Waals surface area contributed by atoms with E-state index >= 15 is 0 Å². The van der Waals surface area contributed by atoms with Gasteiger partial charge in [-0.1, -0.05) is 20.8 Å². The first-order valence-electron chi connectivity index (χ1n) is 8.87. The summed E-state index contributed by atoms with van der Waals surface area (Å²) in [6.45, 7) is 11.8. The normalized spacial score (nSPS) is 35.6. The van der Waals surface area contributed by atoms with Crippen LogP contribution in [0.15, 0.2) is 0 Å². The molecule has 0 amide bonds. The second-order valence-corrected chi connectivity index (χ2v) is 8.87. The molecule has 1 atom stereocenters. The Kier molecular flexibility index (Phi) is 5.38. The molecule has 124 valence electrons. The van der Waals surface area contributed by atoms with Crippen LogP contribution in [0.25, 0.3) is 0 Å². The van der Waals surface area contributed by atoms with Gasteiger partial charge in [0, 0.05) is 25.2 Å². The topological polar surface area (TPSA) is 32.5 Å². The van der Waals surface area contributed by atoms with Crippen LogP contribution in [-0.4, -0.2) is 55.6 Å². The predicted molar refractivity (Wildman–Crippen MR) is 91.4 cm³/mol. The molecular formula is C18H37N3. The van der Waals surface area contributed by atoms with Gasteiger partial charge in [-0.15, -0.1) is 0 Å². The molecule has 1 heterocycles. The van der Waals surface area contributed by atoms with E-state index in [9.17, 15) is 0 Å². The molecule has 1 aliphatic carbocycles. The van der Waals surface area contributed by atoms with Gasteiger partial charge in [-0.25, -0.2) is 0 Å². The Balaban J connectivity index is 1.92. The zero-order valence-corrected chi connectivity index (χ0v) is 15.0. The molecule has 21 heavy (non-hydrogen) atoms. The summed E-state index contributed by atoms with van der Waals surface area (Å²) in [5.41, 5.74) is 6.96. The summed E-state index contributed by atoms with van der Waals surface area (Å²) >= 11 is 0. The summed E-state index contributed by atoms with van der Waals surface area (Å²) < 4.78 is 0. The zero-order valence-electron chi connectivity index (χ0n) is 15.0. The fourth-order valence-corrected chi connectivity index (χ4v) is 4.52. The quantitative estimate of drug-likeness (QED) is 0.865. The summed E-state index contributed by atoms with van der Waals surface area (Å²) in [7, 11) is 4.57. The van der Waals surface area contributed by atoms with E-state index in [-0.39, 0.29) is 5.54 Å². The Morgan fingerprint density at radius 1 is 1.19 bits per heavy atom. The number of nitrogens with two attached hydrogens (primary N) is 1. The molecule has 0 radical (unpaired) electrons. The fourth-order valence-electron chi connectivity index (χ4n) is 4.52. The molecule has 1 saturated heterocycles. The molecule has 1 saturated carbocycles. The average molecular weight is 296 g/mol. The van der Waals surface area contributed by atoms with E-state index in [1.807, 2.05) is 0 Å². The van der Waals surface area contributed by atoms with E-state index < -0.39 is 0 Å². The minimum absolute atomic E-state index is 0.267. The maximum absolute atomic E-state index is 6.24. The van der Waals surface area contributed by atoms with Crippen LogP contribution in [0, 0.1) is 17.3 Å². The van der Waals surface area contributed by atoms with Crippen LogP contribution >= 0.6 is 0 Å². The molecule has 0 aromatic rings. The van der Waals surface area contributed by atoms with Crippen molar-refractivity contribution >= 4 is 0 Å². The van der Waals surface area contributed by atoms with E-state index in [2.05, 4.69) is 44.7 Å². The highest BCUT2D eigenvalue weighted by molar-refractivity contribution is 4.97. The third-order valence-corrected chi connectivity index (χ3v) is 6.35. The van der Waals surface area contributed by atoms with Crippen molar-refractivity contribution in [3.05, 3.63) is 0 Å². The molecule has 0 bridgehead atoms. The van der Waals surface area contributed by atoms with E-state index in [0.29, 0.717) is 5.41 Å². The van der Waals surface area contributed by atoms with E-state index in [4.69, 9.17) is 5.73 Å². The van der Waals surface area contributed by atoms with Crippen molar-refractivity contribution in [2.45, 2.75) is 58.4 Å². The Labute approximate surface area is 132 Å².